The van der Waals surface area contributed by atoms with Crippen LogP contribution in [0.15, 0.2) is 70.3 Å². The summed E-state index contributed by atoms with van der Waals surface area (Å²) in [6.45, 7) is 1.47. The van der Waals surface area contributed by atoms with Gasteiger partial charge in [0.05, 0.1) is 0 Å². The van der Waals surface area contributed by atoms with Crippen LogP contribution in [0.5, 0.6) is 0 Å². The molecule has 1 aliphatic heterocycles. The molecule has 4 aromatic rings. The van der Waals surface area contributed by atoms with Gasteiger partial charge >= 0.3 is 5.69 Å². The van der Waals surface area contributed by atoms with Crippen molar-refractivity contribution in [3.63, 3.8) is 0 Å². The summed E-state index contributed by atoms with van der Waals surface area (Å²) in [5, 5.41) is 0.632. The highest BCUT2D eigenvalue weighted by Crippen LogP contribution is 2.32. The number of nitrogens with zero attached hydrogens (tertiary/aromatic N) is 5. The van der Waals surface area contributed by atoms with Crippen LogP contribution in [0.25, 0.3) is 17.2 Å². The van der Waals surface area contributed by atoms with Gasteiger partial charge in [-0.3, -0.25) is 13.9 Å². The SMILES string of the molecule is Cn1c(=O)n(C/C=C/c2ccccc2)c(=O)c2c1nc1n2CCN1c1cccc(Cl)c1. The number of imidazole rings is 1. The fourth-order valence-corrected chi connectivity index (χ4v) is 4.17. The van der Waals surface area contributed by atoms with E-state index in [1.807, 2.05) is 76.2 Å². The molecule has 0 spiro atoms. The van der Waals surface area contributed by atoms with Gasteiger partial charge in [-0.2, -0.15) is 4.98 Å². The van der Waals surface area contributed by atoms with Gasteiger partial charge in [-0.15, -0.1) is 0 Å². The highest BCUT2D eigenvalue weighted by molar-refractivity contribution is 6.30. The lowest BCUT2D eigenvalue weighted by Gasteiger charge is -2.16. The lowest BCUT2D eigenvalue weighted by molar-refractivity contribution is 0.663. The van der Waals surface area contributed by atoms with E-state index in [0.717, 1.165) is 11.3 Å². The summed E-state index contributed by atoms with van der Waals surface area (Å²) < 4.78 is 4.57. The Bertz CT molecular complexity index is 1430. The van der Waals surface area contributed by atoms with Crippen LogP contribution in [-0.4, -0.2) is 25.2 Å². The number of aromatic nitrogens is 4. The van der Waals surface area contributed by atoms with Gasteiger partial charge in [0, 0.05) is 37.4 Å². The van der Waals surface area contributed by atoms with Crippen molar-refractivity contribution in [1.82, 2.24) is 18.7 Å². The first-order chi connectivity index (χ1) is 15.0. The summed E-state index contributed by atoms with van der Waals surface area (Å²) in [5.41, 5.74) is 2.02. The molecule has 0 saturated carbocycles. The van der Waals surface area contributed by atoms with Crippen LogP contribution in [0, 0.1) is 0 Å². The largest absolute Gasteiger partial charge is 0.332 e. The zero-order valence-electron chi connectivity index (χ0n) is 16.9. The topological polar surface area (TPSA) is 65.1 Å². The van der Waals surface area contributed by atoms with Crippen molar-refractivity contribution in [3.8, 4) is 0 Å². The van der Waals surface area contributed by atoms with Gasteiger partial charge in [0.1, 0.15) is 0 Å². The Balaban J connectivity index is 1.59. The van der Waals surface area contributed by atoms with Gasteiger partial charge in [0.25, 0.3) is 5.56 Å². The minimum atomic E-state index is -0.388. The summed E-state index contributed by atoms with van der Waals surface area (Å²) in [5.74, 6) is 0.641. The number of hydrogen-bond acceptors (Lipinski definition) is 4. The predicted octanol–water partition coefficient (Wildman–Crippen LogP) is 3.42. The maximum Gasteiger partial charge on any atom is 0.332 e. The number of benzene rings is 2. The third-order valence-corrected chi connectivity index (χ3v) is 5.75. The monoisotopic (exact) mass is 433 g/mol. The molecule has 0 unspecified atom stereocenters. The Labute approximate surface area is 183 Å². The van der Waals surface area contributed by atoms with E-state index in [4.69, 9.17) is 11.6 Å². The first-order valence-corrected chi connectivity index (χ1v) is 10.4. The van der Waals surface area contributed by atoms with Gasteiger partial charge in [-0.25, -0.2) is 4.79 Å². The second-order valence-electron chi connectivity index (χ2n) is 7.44. The van der Waals surface area contributed by atoms with E-state index >= 15 is 0 Å². The van der Waals surface area contributed by atoms with E-state index in [2.05, 4.69) is 4.98 Å². The third kappa shape index (κ3) is 3.27. The summed E-state index contributed by atoms with van der Waals surface area (Å²) in [4.78, 5) is 32.8. The molecule has 31 heavy (non-hydrogen) atoms. The number of anilines is 2. The van der Waals surface area contributed by atoms with Crippen LogP contribution in [-0.2, 0) is 20.1 Å². The maximum atomic E-state index is 13.3. The second-order valence-corrected chi connectivity index (χ2v) is 7.87. The minimum absolute atomic E-state index is 0.189. The zero-order chi connectivity index (χ0) is 21.5. The van der Waals surface area contributed by atoms with Gasteiger partial charge in [0.15, 0.2) is 11.2 Å². The maximum absolute atomic E-state index is 13.3. The molecule has 5 rings (SSSR count). The molecule has 8 heteroatoms. The van der Waals surface area contributed by atoms with Gasteiger partial charge in [-0.05, 0) is 23.8 Å². The van der Waals surface area contributed by atoms with E-state index < -0.39 is 0 Å². The first-order valence-electron chi connectivity index (χ1n) is 9.99. The number of aryl methyl sites for hydroxylation is 1. The Morgan fingerprint density at radius 2 is 1.87 bits per heavy atom. The molecule has 0 amide bonds. The summed E-state index contributed by atoms with van der Waals surface area (Å²) in [6, 6.07) is 17.3. The Morgan fingerprint density at radius 3 is 2.65 bits per heavy atom. The van der Waals surface area contributed by atoms with Crippen molar-refractivity contribution in [2.45, 2.75) is 13.1 Å². The van der Waals surface area contributed by atoms with Gasteiger partial charge in [0.2, 0.25) is 5.95 Å². The number of fused-ring (bicyclic) bond motifs is 3. The van der Waals surface area contributed by atoms with Crippen molar-refractivity contribution >= 4 is 40.5 Å². The van der Waals surface area contributed by atoms with Gasteiger partial charge in [-0.1, -0.05) is 60.2 Å². The molecular weight excluding hydrogens is 414 g/mol. The number of halogens is 1. The molecule has 0 bridgehead atoms. The standard InChI is InChI=1S/C23H20ClN5O2/c1-26-20-19(21(30)29(23(26)31)12-6-9-16-7-3-2-4-8-16)28-14-13-27(22(28)25-20)18-11-5-10-17(24)15-18/h2-11,15H,12-14H2,1H3/b9-6+. The van der Waals surface area contributed by atoms with Crippen LogP contribution < -0.4 is 16.1 Å². The average molecular weight is 434 g/mol. The van der Waals surface area contributed by atoms with Gasteiger partial charge < -0.3 is 9.47 Å². The average Bonchev–Trinajstić information content (AvgIpc) is 3.35. The van der Waals surface area contributed by atoms with Crippen LogP contribution in [0.3, 0.4) is 0 Å². The van der Waals surface area contributed by atoms with Crippen LogP contribution in [0.1, 0.15) is 5.56 Å². The molecule has 0 radical (unpaired) electrons. The summed E-state index contributed by atoms with van der Waals surface area (Å²) in [7, 11) is 1.65. The second kappa shape index (κ2) is 7.59. The molecule has 156 valence electrons. The highest BCUT2D eigenvalue weighted by atomic mass is 35.5. The number of allylic oxidation sites excluding steroid dienone is 1. The molecule has 0 atom stereocenters. The lowest BCUT2D eigenvalue weighted by atomic mass is 10.2. The van der Waals surface area contributed by atoms with Crippen molar-refractivity contribution < 1.29 is 0 Å². The van der Waals surface area contributed by atoms with E-state index in [0.29, 0.717) is 35.2 Å². The fraction of sp³-hybridized carbons (Fsp3) is 0.174. The van der Waals surface area contributed by atoms with E-state index in [1.165, 1.54) is 9.13 Å². The lowest BCUT2D eigenvalue weighted by Crippen LogP contribution is -2.39. The molecule has 2 aromatic heterocycles. The molecular formula is C23H20ClN5O2. The molecule has 0 N–H and O–H groups in total. The first kappa shape index (κ1) is 19.4. The van der Waals surface area contributed by atoms with Crippen molar-refractivity contribution in [2.75, 3.05) is 11.4 Å². The Kier molecular flexibility index (Phi) is 4.75. The minimum Gasteiger partial charge on any atom is -0.310 e. The summed E-state index contributed by atoms with van der Waals surface area (Å²) in [6.07, 6.45) is 3.72. The number of hydrogen-bond donors (Lipinski definition) is 0. The third-order valence-electron chi connectivity index (χ3n) is 5.52. The fourth-order valence-electron chi connectivity index (χ4n) is 3.99. The van der Waals surface area contributed by atoms with E-state index in [1.54, 1.807) is 7.05 Å². The highest BCUT2D eigenvalue weighted by Gasteiger charge is 2.28. The zero-order valence-corrected chi connectivity index (χ0v) is 17.7. The molecule has 3 heterocycles. The van der Waals surface area contributed by atoms with Crippen LogP contribution in [0.2, 0.25) is 5.02 Å². The van der Waals surface area contributed by atoms with Crippen LogP contribution in [0.4, 0.5) is 11.6 Å². The Hall–Kier alpha value is -3.58. The molecule has 0 aliphatic carbocycles. The number of rotatable bonds is 4. The molecule has 1 aliphatic rings. The Morgan fingerprint density at radius 1 is 1.06 bits per heavy atom. The quantitative estimate of drug-likeness (QED) is 0.494. The van der Waals surface area contributed by atoms with E-state index in [9.17, 15) is 9.59 Å². The van der Waals surface area contributed by atoms with Crippen molar-refractivity contribution in [3.05, 3.63) is 92.1 Å². The molecule has 2 aromatic carbocycles. The predicted molar refractivity (Wildman–Crippen MR) is 123 cm³/mol. The van der Waals surface area contributed by atoms with Crippen molar-refractivity contribution in [1.29, 1.82) is 0 Å². The molecule has 0 fully saturated rings. The molecule has 0 saturated heterocycles. The van der Waals surface area contributed by atoms with E-state index in [-0.39, 0.29) is 17.8 Å². The van der Waals surface area contributed by atoms with Crippen molar-refractivity contribution in [2.24, 2.45) is 7.05 Å². The summed E-state index contributed by atoms with van der Waals surface area (Å²) >= 11 is 6.15. The van der Waals surface area contributed by atoms with Crippen LogP contribution >= 0.6 is 11.6 Å². The molecule has 7 nitrogen and oxygen atoms in total. The normalized spacial score (nSPS) is 13.4. The smallest absolute Gasteiger partial charge is 0.310 e.